The summed E-state index contributed by atoms with van der Waals surface area (Å²) >= 11 is 1.89. The molecule has 0 saturated carbocycles. The molecule has 0 aromatic carbocycles. The minimum atomic E-state index is 0.482. The van der Waals surface area contributed by atoms with Crippen LogP contribution in [0.4, 0.5) is 0 Å². The summed E-state index contributed by atoms with van der Waals surface area (Å²) in [6.45, 7) is 7.21. The Hall–Kier alpha value is -1.86. The summed E-state index contributed by atoms with van der Waals surface area (Å²) in [5.74, 6) is 0.876. The van der Waals surface area contributed by atoms with Gasteiger partial charge in [-0.25, -0.2) is 0 Å². The molecule has 2 aromatic heterocycles. The monoisotopic (exact) mass is 360 g/mol. The zero-order valence-corrected chi connectivity index (χ0v) is 15.9. The van der Waals surface area contributed by atoms with E-state index in [1.165, 1.54) is 12.0 Å². The van der Waals surface area contributed by atoms with Crippen molar-refractivity contribution < 1.29 is 0 Å². The molecule has 1 atom stereocenters. The van der Waals surface area contributed by atoms with E-state index in [9.17, 15) is 0 Å². The van der Waals surface area contributed by atoms with Gasteiger partial charge >= 0.3 is 0 Å². The molecule has 1 aliphatic rings. The van der Waals surface area contributed by atoms with Gasteiger partial charge in [0.2, 0.25) is 0 Å². The highest BCUT2D eigenvalue weighted by Crippen LogP contribution is 2.24. The van der Waals surface area contributed by atoms with Crippen molar-refractivity contribution in [2.24, 2.45) is 4.99 Å². The van der Waals surface area contributed by atoms with Crippen LogP contribution in [0.25, 0.3) is 0 Å². The summed E-state index contributed by atoms with van der Waals surface area (Å²) in [6, 6.07) is 4.71. The van der Waals surface area contributed by atoms with E-state index < -0.39 is 0 Å². The highest BCUT2D eigenvalue weighted by Gasteiger charge is 2.21. The fraction of sp³-hybridized carbons (Fsp3) is 0.556. The minimum absolute atomic E-state index is 0.482. The lowest BCUT2D eigenvalue weighted by molar-refractivity contribution is 0.192. The second kappa shape index (κ2) is 9.01. The molecule has 1 aliphatic heterocycles. The van der Waals surface area contributed by atoms with Crippen LogP contribution in [0.5, 0.6) is 0 Å². The molecule has 0 radical (unpaired) electrons. The van der Waals surface area contributed by atoms with E-state index in [1.807, 2.05) is 41.5 Å². The van der Waals surface area contributed by atoms with Gasteiger partial charge in [-0.3, -0.25) is 14.6 Å². The van der Waals surface area contributed by atoms with Gasteiger partial charge in [0.05, 0.1) is 0 Å². The van der Waals surface area contributed by atoms with E-state index in [0.29, 0.717) is 6.04 Å². The quantitative estimate of drug-likeness (QED) is 0.450. The molecule has 3 heterocycles. The Labute approximate surface area is 153 Å². The predicted molar refractivity (Wildman–Crippen MR) is 104 cm³/mol. The van der Waals surface area contributed by atoms with Crippen molar-refractivity contribution in [2.45, 2.75) is 38.9 Å². The van der Waals surface area contributed by atoms with Crippen molar-refractivity contribution in [1.29, 1.82) is 0 Å². The Bertz CT molecular complexity index is 663. The topological polar surface area (TPSA) is 57.5 Å². The standard InChI is InChI=1S/C18H28N6S/c1-15(23-11-5-17-16(14-23)6-12-25-17)13-21-18(19-2)20-7-3-9-24-10-4-8-22-24/h4,6,8,10,12,15H,3,5,7,9,11,13-14H2,1-2H3,(H2,19,20,21). The summed E-state index contributed by atoms with van der Waals surface area (Å²) < 4.78 is 1.95. The lowest BCUT2D eigenvalue weighted by Crippen LogP contribution is -2.47. The number of fused-ring (bicyclic) bond motifs is 1. The van der Waals surface area contributed by atoms with Gasteiger partial charge in [-0.15, -0.1) is 11.3 Å². The van der Waals surface area contributed by atoms with E-state index in [1.54, 1.807) is 4.88 Å². The van der Waals surface area contributed by atoms with Gasteiger partial charge in [-0.05, 0) is 42.8 Å². The first-order valence-electron chi connectivity index (χ1n) is 8.97. The number of rotatable bonds is 7. The average molecular weight is 361 g/mol. The average Bonchev–Trinajstić information content (AvgIpc) is 3.31. The lowest BCUT2D eigenvalue weighted by atomic mass is 10.1. The molecular weight excluding hydrogens is 332 g/mol. The number of nitrogens with one attached hydrogen (secondary N) is 2. The van der Waals surface area contributed by atoms with E-state index in [0.717, 1.165) is 45.1 Å². The number of aryl methyl sites for hydroxylation is 1. The number of hydrogen-bond acceptors (Lipinski definition) is 4. The van der Waals surface area contributed by atoms with Crippen LogP contribution >= 0.6 is 11.3 Å². The Morgan fingerprint density at radius 3 is 3.16 bits per heavy atom. The molecule has 6 nitrogen and oxygen atoms in total. The molecule has 1 unspecified atom stereocenters. The van der Waals surface area contributed by atoms with Crippen molar-refractivity contribution in [2.75, 3.05) is 26.7 Å². The summed E-state index contributed by atoms with van der Waals surface area (Å²) in [6.07, 6.45) is 6.00. The minimum Gasteiger partial charge on any atom is -0.356 e. The zero-order valence-electron chi connectivity index (χ0n) is 15.1. The number of nitrogens with zero attached hydrogens (tertiary/aromatic N) is 4. The molecule has 0 bridgehead atoms. The van der Waals surface area contributed by atoms with E-state index in [4.69, 9.17) is 0 Å². The van der Waals surface area contributed by atoms with E-state index >= 15 is 0 Å². The van der Waals surface area contributed by atoms with Crippen molar-refractivity contribution in [3.05, 3.63) is 40.3 Å². The normalized spacial score (nSPS) is 16.5. The molecule has 0 spiro atoms. The number of aromatic nitrogens is 2. The first kappa shape index (κ1) is 17.9. The maximum absolute atomic E-state index is 4.32. The molecule has 2 N–H and O–H groups in total. The van der Waals surface area contributed by atoms with Crippen LogP contribution in [-0.2, 0) is 19.5 Å². The number of guanidine groups is 1. The van der Waals surface area contributed by atoms with Gasteiger partial charge in [0, 0.05) is 63.1 Å². The van der Waals surface area contributed by atoms with Crippen molar-refractivity contribution in [1.82, 2.24) is 25.3 Å². The van der Waals surface area contributed by atoms with E-state index in [2.05, 4.69) is 44.0 Å². The highest BCUT2D eigenvalue weighted by atomic mass is 32.1. The molecule has 136 valence electrons. The summed E-state index contributed by atoms with van der Waals surface area (Å²) in [5.41, 5.74) is 1.50. The third-order valence-corrected chi connectivity index (χ3v) is 5.69. The second-order valence-electron chi connectivity index (χ2n) is 6.44. The van der Waals surface area contributed by atoms with Crippen molar-refractivity contribution in [3.8, 4) is 0 Å². The highest BCUT2D eigenvalue weighted by molar-refractivity contribution is 7.10. The van der Waals surface area contributed by atoms with Crippen molar-refractivity contribution >= 4 is 17.3 Å². The van der Waals surface area contributed by atoms with E-state index in [-0.39, 0.29) is 0 Å². The zero-order chi connectivity index (χ0) is 17.5. The first-order valence-corrected chi connectivity index (χ1v) is 9.85. The Kier molecular flexibility index (Phi) is 6.47. The van der Waals surface area contributed by atoms with Crippen LogP contribution in [-0.4, -0.2) is 53.4 Å². The third kappa shape index (κ3) is 5.06. The summed E-state index contributed by atoms with van der Waals surface area (Å²) in [5, 5.41) is 13.3. The Morgan fingerprint density at radius 2 is 2.36 bits per heavy atom. The SMILES string of the molecule is CN=C(NCCCn1cccn1)NCC(C)N1CCc2sccc2C1. The summed E-state index contributed by atoms with van der Waals surface area (Å²) in [4.78, 5) is 8.43. The van der Waals surface area contributed by atoms with Crippen LogP contribution in [0, 0.1) is 0 Å². The number of aliphatic imine (C=N–C) groups is 1. The van der Waals surface area contributed by atoms with Gasteiger partial charge in [-0.1, -0.05) is 0 Å². The fourth-order valence-corrected chi connectivity index (χ4v) is 4.01. The molecule has 0 aliphatic carbocycles. The van der Waals surface area contributed by atoms with Gasteiger partial charge in [0.25, 0.3) is 0 Å². The maximum Gasteiger partial charge on any atom is 0.191 e. The third-order valence-electron chi connectivity index (χ3n) is 4.66. The van der Waals surface area contributed by atoms with Crippen LogP contribution in [0.15, 0.2) is 34.9 Å². The molecule has 0 saturated heterocycles. The van der Waals surface area contributed by atoms with Gasteiger partial charge < -0.3 is 10.6 Å². The molecule has 3 rings (SSSR count). The molecular formula is C18H28N6S. The van der Waals surface area contributed by atoms with Crippen LogP contribution in [0.3, 0.4) is 0 Å². The smallest absolute Gasteiger partial charge is 0.191 e. The largest absolute Gasteiger partial charge is 0.356 e. The molecule has 7 heteroatoms. The molecule has 0 fully saturated rings. The van der Waals surface area contributed by atoms with Gasteiger partial charge in [0.1, 0.15) is 0 Å². The molecule has 0 amide bonds. The lowest BCUT2D eigenvalue weighted by Gasteiger charge is -2.32. The fourth-order valence-electron chi connectivity index (χ4n) is 3.12. The molecule has 25 heavy (non-hydrogen) atoms. The molecule has 2 aromatic rings. The summed E-state index contributed by atoms with van der Waals surface area (Å²) in [7, 11) is 1.83. The first-order chi connectivity index (χ1) is 12.3. The van der Waals surface area contributed by atoms with Crippen molar-refractivity contribution in [3.63, 3.8) is 0 Å². The predicted octanol–water partition coefficient (Wildman–Crippen LogP) is 1.95. The van der Waals surface area contributed by atoms with Crippen LogP contribution in [0.1, 0.15) is 23.8 Å². The Morgan fingerprint density at radius 1 is 1.44 bits per heavy atom. The number of hydrogen-bond donors (Lipinski definition) is 2. The Balaban J connectivity index is 1.36. The van der Waals surface area contributed by atoms with Gasteiger partial charge in [0.15, 0.2) is 5.96 Å². The van der Waals surface area contributed by atoms with Gasteiger partial charge in [-0.2, -0.15) is 5.10 Å². The number of thiophene rings is 1. The maximum atomic E-state index is 4.32. The second-order valence-corrected chi connectivity index (χ2v) is 7.44. The van der Waals surface area contributed by atoms with Crippen LogP contribution in [0.2, 0.25) is 0 Å². The van der Waals surface area contributed by atoms with Crippen LogP contribution < -0.4 is 10.6 Å².